The molecule has 0 saturated carbocycles. The van der Waals surface area contributed by atoms with Crippen LogP contribution in [0.1, 0.15) is 39.5 Å². The molecule has 0 radical (unpaired) electrons. The van der Waals surface area contributed by atoms with Crippen LogP contribution >= 0.6 is 0 Å². The van der Waals surface area contributed by atoms with Gasteiger partial charge in [0.1, 0.15) is 0 Å². The molecule has 2 nitrogen and oxygen atoms in total. The SMILES string of the molecule is CCC(C)(O)CC1CCOCC1. The summed E-state index contributed by atoms with van der Waals surface area (Å²) in [5.74, 6) is 0.675. The van der Waals surface area contributed by atoms with Gasteiger partial charge in [0.05, 0.1) is 5.60 Å². The zero-order valence-electron chi connectivity index (χ0n) is 8.18. The van der Waals surface area contributed by atoms with Crippen molar-refractivity contribution in [3.63, 3.8) is 0 Å². The average Bonchev–Trinajstić information content (AvgIpc) is 2.06. The minimum Gasteiger partial charge on any atom is -0.390 e. The highest BCUT2D eigenvalue weighted by Gasteiger charge is 2.24. The third-order valence-corrected chi connectivity index (χ3v) is 2.83. The van der Waals surface area contributed by atoms with E-state index in [0.29, 0.717) is 5.92 Å². The van der Waals surface area contributed by atoms with E-state index in [-0.39, 0.29) is 0 Å². The van der Waals surface area contributed by atoms with E-state index >= 15 is 0 Å². The predicted molar refractivity (Wildman–Crippen MR) is 49.1 cm³/mol. The normalized spacial score (nSPS) is 25.2. The molecule has 0 bridgehead atoms. The van der Waals surface area contributed by atoms with Crippen LogP contribution in [0.5, 0.6) is 0 Å². The fourth-order valence-electron chi connectivity index (χ4n) is 1.72. The standard InChI is InChI=1S/C10H20O2/c1-3-10(2,11)8-9-4-6-12-7-5-9/h9,11H,3-8H2,1-2H3. The highest BCUT2D eigenvalue weighted by Crippen LogP contribution is 2.26. The summed E-state index contributed by atoms with van der Waals surface area (Å²) in [4.78, 5) is 0. The van der Waals surface area contributed by atoms with Gasteiger partial charge in [0.25, 0.3) is 0 Å². The maximum atomic E-state index is 9.83. The Labute approximate surface area is 74.9 Å². The lowest BCUT2D eigenvalue weighted by atomic mass is 9.86. The Kier molecular flexibility index (Phi) is 3.53. The smallest absolute Gasteiger partial charge is 0.0619 e. The molecule has 1 aliphatic heterocycles. The number of hydrogen-bond acceptors (Lipinski definition) is 2. The van der Waals surface area contributed by atoms with E-state index in [4.69, 9.17) is 4.74 Å². The summed E-state index contributed by atoms with van der Waals surface area (Å²) in [7, 11) is 0. The summed E-state index contributed by atoms with van der Waals surface area (Å²) in [6.45, 7) is 5.73. The van der Waals surface area contributed by atoms with Crippen molar-refractivity contribution in [3.05, 3.63) is 0 Å². The van der Waals surface area contributed by atoms with E-state index < -0.39 is 5.60 Å². The van der Waals surface area contributed by atoms with Gasteiger partial charge in [0.2, 0.25) is 0 Å². The molecule has 1 N–H and O–H groups in total. The first-order valence-electron chi connectivity index (χ1n) is 4.94. The van der Waals surface area contributed by atoms with Crippen molar-refractivity contribution in [2.75, 3.05) is 13.2 Å². The van der Waals surface area contributed by atoms with E-state index in [9.17, 15) is 5.11 Å². The van der Waals surface area contributed by atoms with Crippen molar-refractivity contribution in [2.24, 2.45) is 5.92 Å². The van der Waals surface area contributed by atoms with Crippen molar-refractivity contribution in [3.8, 4) is 0 Å². The molecular weight excluding hydrogens is 152 g/mol. The Hall–Kier alpha value is -0.0800. The molecule has 0 amide bonds. The molecule has 0 aliphatic carbocycles. The van der Waals surface area contributed by atoms with Gasteiger partial charge in [0, 0.05) is 13.2 Å². The van der Waals surface area contributed by atoms with Gasteiger partial charge in [-0.2, -0.15) is 0 Å². The minimum absolute atomic E-state index is 0.456. The average molecular weight is 172 g/mol. The first-order valence-corrected chi connectivity index (χ1v) is 4.94. The zero-order valence-corrected chi connectivity index (χ0v) is 8.18. The molecule has 1 rings (SSSR count). The highest BCUT2D eigenvalue weighted by molar-refractivity contribution is 4.76. The van der Waals surface area contributed by atoms with Gasteiger partial charge >= 0.3 is 0 Å². The minimum atomic E-state index is -0.456. The summed E-state index contributed by atoms with van der Waals surface area (Å²) in [6.07, 6.45) is 4.03. The van der Waals surface area contributed by atoms with Gasteiger partial charge in [-0.1, -0.05) is 6.92 Å². The van der Waals surface area contributed by atoms with Crippen molar-refractivity contribution in [2.45, 2.75) is 45.1 Å². The molecule has 12 heavy (non-hydrogen) atoms. The summed E-state index contributed by atoms with van der Waals surface area (Å²) < 4.78 is 5.27. The molecule has 1 fully saturated rings. The number of rotatable bonds is 3. The van der Waals surface area contributed by atoms with Crippen LogP contribution in [0.2, 0.25) is 0 Å². The van der Waals surface area contributed by atoms with Crippen LogP contribution < -0.4 is 0 Å². The second kappa shape index (κ2) is 4.24. The second-order valence-corrected chi connectivity index (χ2v) is 4.11. The Morgan fingerprint density at radius 3 is 2.50 bits per heavy atom. The number of hydrogen-bond donors (Lipinski definition) is 1. The van der Waals surface area contributed by atoms with Crippen molar-refractivity contribution in [1.82, 2.24) is 0 Å². The van der Waals surface area contributed by atoms with Gasteiger partial charge in [-0.05, 0) is 38.5 Å². The van der Waals surface area contributed by atoms with Gasteiger partial charge in [-0.3, -0.25) is 0 Å². The fraction of sp³-hybridized carbons (Fsp3) is 1.00. The molecule has 1 aliphatic rings. The highest BCUT2D eigenvalue weighted by atomic mass is 16.5. The van der Waals surface area contributed by atoms with E-state index in [0.717, 1.165) is 38.9 Å². The van der Waals surface area contributed by atoms with E-state index in [2.05, 4.69) is 0 Å². The molecule has 0 aromatic rings. The third-order valence-electron chi connectivity index (χ3n) is 2.83. The molecule has 0 spiro atoms. The summed E-state index contributed by atoms with van der Waals surface area (Å²) in [5, 5.41) is 9.83. The van der Waals surface area contributed by atoms with Crippen molar-refractivity contribution < 1.29 is 9.84 Å². The van der Waals surface area contributed by atoms with Gasteiger partial charge in [-0.25, -0.2) is 0 Å². The number of aliphatic hydroxyl groups is 1. The summed E-state index contributed by atoms with van der Waals surface area (Å²) >= 11 is 0. The lowest BCUT2D eigenvalue weighted by Crippen LogP contribution is -2.29. The Morgan fingerprint density at radius 2 is 2.00 bits per heavy atom. The van der Waals surface area contributed by atoms with Crippen LogP contribution in [0.4, 0.5) is 0 Å². The second-order valence-electron chi connectivity index (χ2n) is 4.11. The van der Waals surface area contributed by atoms with E-state index in [1.807, 2.05) is 13.8 Å². The van der Waals surface area contributed by atoms with Crippen molar-refractivity contribution in [1.29, 1.82) is 0 Å². The van der Waals surface area contributed by atoms with Crippen LogP contribution in [-0.4, -0.2) is 23.9 Å². The lowest BCUT2D eigenvalue weighted by molar-refractivity contribution is -0.00210. The molecule has 0 aromatic heterocycles. The van der Waals surface area contributed by atoms with E-state index in [1.54, 1.807) is 0 Å². The van der Waals surface area contributed by atoms with Crippen LogP contribution in [0.15, 0.2) is 0 Å². The largest absolute Gasteiger partial charge is 0.390 e. The lowest BCUT2D eigenvalue weighted by Gasteiger charge is -2.29. The Morgan fingerprint density at radius 1 is 1.42 bits per heavy atom. The van der Waals surface area contributed by atoms with Crippen LogP contribution in [-0.2, 0) is 4.74 Å². The van der Waals surface area contributed by atoms with Crippen LogP contribution in [0, 0.1) is 5.92 Å². The first-order chi connectivity index (χ1) is 5.64. The fourth-order valence-corrected chi connectivity index (χ4v) is 1.72. The molecule has 1 heterocycles. The van der Waals surface area contributed by atoms with E-state index in [1.165, 1.54) is 0 Å². The quantitative estimate of drug-likeness (QED) is 0.705. The molecule has 0 aromatic carbocycles. The summed E-state index contributed by atoms with van der Waals surface area (Å²) in [6, 6.07) is 0. The molecule has 2 heteroatoms. The maximum Gasteiger partial charge on any atom is 0.0619 e. The molecule has 72 valence electrons. The molecule has 1 atom stereocenters. The number of ether oxygens (including phenoxy) is 1. The predicted octanol–water partition coefficient (Wildman–Crippen LogP) is 1.96. The van der Waals surface area contributed by atoms with Gasteiger partial charge in [0.15, 0.2) is 0 Å². The Balaban J connectivity index is 2.28. The zero-order chi connectivity index (χ0) is 9.03. The van der Waals surface area contributed by atoms with Gasteiger partial charge < -0.3 is 9.84 Å². The maximum absolute atomic E-state index is 9.83. The third kappa shape index (κ3) is 3.11. The van der Waals surface area contributed by atoms with Gasteiger partial charge in [-0.15, -0.1) is 0 Å². The molecule has 1 unspecified atom stereocenters. The molecule has 1 saturated heterocycles. The first kappa shape index (κ1) is 10.0. The summed E-state index contributed by atoms with van der Waals surface area (Å²) in [5.41, 5.74) is -0.456. The topological polar surface area (TPSA) is 29.5 Å². The Bertz CT molecular complexity index is 126. The monoisotopic (exact) mass is 172 g/mol. The van der Waals surface area contributed by atoms with Crippen LogP contribution in [0.25, 0.3) is 0 Å². The van der Waals surface area contributed by atoms with Crippen LogP contribution in [0.3, 0.4) is 0 Å². The molecular formula is C10H20O2. The van der Waals surface area contributed by atoms with Crippen molar-refractivity contribution >= 4 is 0 Å².